The molecule has 0 saturated heterocycles. The lowest BCUT2D eigenvalue weighted by Crippen LogP contribution is -2.47. The summed E-state index contributed by atoms with van der Waals surface area (Å²) in [6, 6.07) is 8.00. The highest BCUT2D eigenvalue weighted by Crippen LogP contribution is 2.25. The van der Waals surface area contributed by atoms with Gasteiger partial charge < -0.3 is 15.8 Å². The van der Waals surface area contributed by atoms with E-state index in [2.05, 4.69) is 5.16 Å². The average molecular weight is 277 g/mol. The first-order valence-corrected chi connectivity index (χ1v) is 6.64. The summed E-state index contributed by atoms with van der Waals surface area (Å²) >= 11 is 0. The number of carbonyl (C=O) groups is 1. The first-order valence-electron chi connectivity index (χ1n) is 6.64. The minimum Gasteiger partial charge on any atom is -0.409 e. The van der Waals surface area contributed by atoms with Gasteiger partial charge in [-0.15, -0.1) is 0 Å². The van der Waals surface area contributed by atoms with Crippen LogP contribution in [0.15, 0.2) is 29.4 Å². The van der Waals surface area contributed by atoms with E-state index in [-0.39, 0.29) is 11.7 Å². The van der Waals surface area contributed by atoms with Crippen LogP contribution in [0, 0.1) is 12.3 Å². The Balaban J connectivity index is 2.88. The molecule has 0 heterocycles. The first kappa shape index (κ1) is 16.0. The Morgan fingerprint density at radius 1 is 1.40 bits per heavy atom. The summed E-state index contributed by atoms with van der Waals surface area (Å²) in [6.07, 6.45) is 0.472. The minimum atomic E-state index is -0.978. The van der Waals surface area contributed by atoms with E-state index in [1.165, 1.54) is 5.56 Å². The fourth-order valence-corrected chi connectivity index (χ4v) is 2.01. The quantitative estimate of drug-likeness (QED) is 0.374. The number of nitrogens with zero attached hydrogens (tertiary/aromatic N) is 2. The fourth-order valence-electron chi connectivity index (χ4n) is 2.01. The Hall–Kier alpha value is -2.04. The molecule has 0 aromatic heterocycles. The number of rotatable bonds is 5. The minimum absolute atomic E-state index is 0.0549. The molecule has 3 N–H and O–H groups in total. The van der Waals surface area contributed by atoms with Crippen LogP contribution in [0.5, 0.6) is 0 Å². The van der Waals surface area contributed by atoms with Gasteiger partial charge in [0.05, 0.1) is 0 Å². The Bertz CT molecular complexity index is 496. The second-order valence-electron chi connectivity index (χ2n) is 5.32. The van der Waals surface area contributed by atoms with Gasteiger partial charge in [0.1, 0.15) is 5.41 Å². The molecule has 1 aromatic rings. The van der Waals surface area contributed by atoms with Crippen molar-refractivity contribution in [2.24, 2.45) is 16.3 Å². The van der Waals surface area contributed by atoms with Gasteiger partial charge in [-0.2, -0.15) is 0 Å². The summed E-state index contributed by atoms with van der Waals surface area (Å²) in [5.74, 6) is -0.211. The third kappa shape index (κ3) is 3.29. The van der Waals surface area contributed by atoms with Crippen LogP contribution in [0.3, 0.4) is 0 Å². The van der Waals surface area contributed by atoms with Crippen LogP contribution >= 0.6 is 0 Å². The van der Waals surface area contributed by atoms with Crippen LogP contribution in [0.1, 0.15) is 31.4 Å². The zero-order valence-corrected chi connectivity index (χ0v) is 12.6. The van der Waals surface area contributed by atoms with E-state index in [4.69, 9.17) is 10.9 Å². The van der Waals surface area contributed by atoms with Crippen molar-refractivity contribution in [3.8, 4) is 0 Å². The number of hydrogen-bond donors (Lipinski definition) is 2. The molecule has 5 heteroatoms. The van der Waals surface area contributed by atoms with Crippen LogP contribution in [-0.2, 0) is 11.3 Å². The number of carbonyl (C=O) groups excluding carboxylic acids is 1. The van der Waals surface area contributed by atoms with E-state index >= 15 is 0 Å². The van der Waals surface area contributed by atoms with Gasteiger partial charge in [-0.1, -0.05) is 41.9 Å². The first-order chi connectivity index (χ1) is 9.35. The van der Waals surface area contributed by atoms with Gasteiger partial charge in [0, 0.05) is 13.6 Å². The molecular weight excluding hydrogens is 254 g/mol. The molecule has 1 amide bonds. The second kappa shape index (κ2) is 6.41. The molecule has 0 spiro atoms. The lowest BCUT2D eigenvalue weighted by Gasteiger charge is -2.30. The van der Waals surface area contributed by atoms with E-state index in [1.807, 2.05) is 38.1 Å². The lowest BCUT2D eigenvalue weighted by atomic mass is 9.84. The molecule has 1 atom stereocenters. The molecule has 1 aromatic carbocycles. The van der Waals surface area contributed by atoms with Gasteiger partial charge in [-0.3, -0.25) is 4.79 Å². The van der Waals surface area contributed by atoms with Gasteiger partial charge in [0.25, 0.3) is 0 Å². The number of hydrogen-bond acceptors (Lipinski definition) is 3. The van der Waals surface area contributed by atoms with E-state index in [9.17, 15) is 4.79 Å². The lowest BCUT2D eigenvalue weighted by molar-refractivity contribution is -0.137. The molecule has 0 aliphatic carbocycles. The smallest absolute Gasteiger partial charge is 0.236 e. The van der Waals surface area contributed by atoms with Crippen molar-refractivity contribution in [3.63, 3.8) is 0 Å². The Morgan fingerprint density at radius 2 is 1.95 bits per heavy atom. The van der Waals surface area contributed by atoms with Crippen LogP contribution in [0.25, 0.3) is 0 Å². The number of nitrogens with two attached hydrogens (primary N) is 1. The van der Waals surface area contributed by atoms with Gasteiger partial charge in [0.15, 0.2) is 5.84 Å². The maximum atomic E-state index is 12.5. The topological polar surface area (TPSA) is 78.9 Å². The molecule has 0 saturated carbocycles. The molecule has 1 unspecified atom stereocenters. The maximum absolute atomic E-state index is 12.5. The molecule has 0 fully saturated rings. The summed E-state index contributed by atoms with van der Waals surface area (Å²) in [5.41, 5.74) is 6.91. The van der Waals surface area contributed by atoms with E-state index in [1.54, 1.807) is 18.9 Å². The molecule has 20 heavy (non-hydrogen) atoms. The molecule has 0 radical (unpaired) electrons. The van der Waals surface area contributed by atoms with E-state index < -0.39 is 5.41 Å². The number of oxime groups is 1. The zero-order valence-electron chi connectivity index (χ0n) is 12.6. The molecular formula is C15H23N3O2. The van der Waals surface area contributed by atoms with E-state index in [0.717, 1.165) is 5.56 Å². The van der Waals surface area contributed by atoms with Crippen molar-refractivity contribution in [2.75, 3.05) is 7.05 Å². The highest BCUT2D eigenvalue weighted by molar-refractivity contribution is 6.06. The normalized spacial score (nSPS) is 14.7. The summed E-state index contributed by atoms with van der Waals surface area (Å²) in [4.78, 5) is 14.1. The maximum Gasteiger partial charge on any atom is 0.236 e. The summed E-state index contributed by atoms with van der Waals surface area (Å²) < 4.78 is 0. The van der Waals surface area contributed by atoms with Crippen molar-refractivity contribution in [1.29, 1.82) is 0 Å². The SMILES string of the molecule is CCC(C)(C(=O)N(C)Cc1ccc(C)cc1)/C(N)=N/O. The van der Waals surface area contributed by atoms with Crippen molar-refractivity contribution < 1.29 is 10.0 Å². The number of amidine groups is 1. The molecule has 0 aliphatic rings. The molecule has 110 valence electrons. The van der Waals surface area contributed by atoms with Gasteiger partial charge >= 0.3 is 0 Å². The van der Waals surface area contributed by atoms with Gasteiger partial charge in [-0.05, 0) is 25.8 Å². The van der Waals surface area contributed by atoms with E-state index in [0.29, 0.717) is 13.0 Å². The standard InChI is InChI=1S/C15H23N3O2/c1-5-15(3,13(16)17-20)14(19)18(4)10-12-8-6-11(2)7-9-12/h6-9,20H,5,10H2,1-4H3,(H2,16,17). The summed E-state index contributed by atoms with van der Waals surface area (Å²) in [7, 11) is 1.72. The van der Waals surface area contributed by atoms with Crippen molar-refractivity contribution in [2.45, 2.75) is 33.7 Å². The third-order valence-corrected chi connectivity index (χ3v) is 3.74. The summed E-state index contributed by atoms with van der Waals surface area (Å²) in [6.45, 7) is 6.05. The summed E-state index contributed by atoms with van der Waals surface area (Å²) in [5, 5.41) is 11.8. The van der Waals surface area contributed by atoms with Crippen LogP contribution < -0.4 is 5.73 Å². The number of benzene rings is 1. The van der Waals surface area contributed by atoms with Crippen molar-refractivity contribution >= 4 is 11.7 Å². The number of aryl methyl sites for hydroxylation is 1. The monoisotopic (exact) mass is 277 g/mol. The average Bonchev–Trinajstić information content (AvgIpc) is 2.46. The molecule has 0 aliphatic heterocycles. The van der Waals surface area contributed by atoms with Crippen LogP contribution in [-0.4, -0.2) is 28.9 Å². The van der Waals surface area contributed by atoms with Crippen LogP contribution in [0.2, 0.25) is 0 Å². The fraction of sp³-hybridized carbons (Fsp3) is 0.467. The van der Waals surface area contributed by atoms with Gasteiger partial charge in [-0.25, -0.2) is 0 Å². The highest BCUT2D eigenvalue weighted by Gasteiger charge is 2.38. The molecule has 5 nitrogen and oxygen atoms in total. The largest absolute Gasteiger partial charge is 0.409 e. The highest BCUT2D eigenvalue weighted by atomic mass is 16.4. The van der Waals surface area contributed by atoms with Crippen molar-refractivity contribution in [3.05, 3.63) is 35.4 Å². The molecule has 1 rings (SSSR count). The Labute approximate surface area is 120 Å². The Morgan fingerprint density at radius 3 is 2.40 bits per heavy atom. The third-order valence-electron chi connectivity index (χ3n) is 3.74. The van der Waals surface area contributed by atoms with Crippen molar-refractivity contribution in [1.82, 2.24) is 4.90 Å². The van der Waals surface area contributed by atoms with Gasteiger partial charge in [0.2, 0.25) is 5.91 Å². The zero-order chi connectivity index (χ0) is 15.3. The molecule has 0 bridgehead atoms. The van der Waals surface area contributed by atoms with Crippen LogP contribution in [0.4, 0.5) is 0 Å². The second-order valence-corrected chi connectivity index (χ2v) is 5.32. The Kier molecular flexibility index (Phi) is 5.13. The predicted molar refractivity (Wildman–Crippen MR) is 79.5 cm³/mol. The predicted octanol–water partition coefficient (Wildman–Crippen LogP) is 2.12. The number of amides is 1.